The first-order valence-corrected chi connectivity index (χ1v) is 6.39. The highest BCUT2D eigenvalue weighted by atomic mass is 32.1. The summed E-state index contributed by atoms with van der Waals surface area (Å²) in [6.07, 6.45) is 0.677. The summed E-state index contributed by atoms with van der Waals surface area (Å²) >= 11 is 1.15. The second-order valence-corrected chi connectivity index (χ2v) is 4.90. The lowest BCUT2D eigenvalue weighted by Gasteiger charge is -2.02. The Balaban J connectivity index is 2.16. The van der Waals surface area contributed by atoms with Crippen LogP contribution in [0.3, 0.4) is 0 Å². The van der Waals surface area contributed by atoms with Gasteiger partial charge in [-0.25, -0.2) is 9.78 Å². The van der Waals surface area contributed by atoms with E-state index in [-0.39, 0.29) is 10.8 Å². The van der Waals surface area contributed by atoms with Gasteiger partial charge in [0, 0.05) is 0 Å². The predicted molar refractivity (Wildman–Crippen MR) is 69.3 cm³/mol. The number of hydrogen-bond acceptors (Lipinski definition) is 5. The van der Waals surface area contributed by atoms with E-state index >= 15 is 0 Å². The SMILES string of the molecule is CCc1nc(O)c(C(=O)Oc2ccc(C)cc2)s1. The Labute approximate surface area is 109 Å². The summed E-state index contributed by atoms with van der Waals surface area (Å²) in [5, 5.41) is 10.3. The van der Waals surface area contributed by atoms with E-state index in [0.29, 0.717) is 17.2 Å². The van der Waals surface area contributed by atoms with Crippen molar-refractivity contribution < 1.29 is 14.6 Å². The van der Waals surface area contributed by atoms with Gasteiger partial charge in [-0.2, -0.15) is 0 Å². The predicted octanol–water partition coefficient (Wildman–Crippen LogP) is 2.94. The molecule has 1 aromatic carbocycles. The molecule has 1 heterocycles. The fourth-order valence-electron chi connectivity index (χ4n) is 1.40. The van der Waals surface area contributed by atoms with Crippen LogP contribution in [0.5, 0.6) is 11.6 Å². The van der Waals surface area contributed by atoms with Crippen LogP contribution in [0.15, 0.2) is 24.3 Å². The van der Waals surface area contributed by atoms with Gasteiger partial charge >= 0.3 is 5.97 Å². The zero-order valence-electron chi connectivity index (χ0n) is 10.1. The molecule has 0 fully saturated rings. The summed E-state index contributed by atoms with van der Waals surface area (Å²) in [4.78, 5) is 15.9. The maximum absolute atomic E-state index is 11.8. The van der Waals surface area contributed by atoms with Crippen molar-refractivity contribution in [3.05, 3.63) is 39.7 Å². The van der Waals surface area contributed by atoms with Gasteiger partial charge in [-0.15, -0.1) is 11.3 Å². The summed E-state index contributed by atoms with van der Waals surface area (Å²) in [5.41, 5.74) is 1.09. The van der Waals surface area contributed by atoms with Crippen molar-refractivity contribution >= 4 is 17.3 Å². The molecule has 18 heavy (non-hydrogen) atoms. The third-order valence-electron chi connectivity index (χ3n) is 2.37. The van der Waals surface area contributed by atoms with Crippen LogP contribution < -0.4 is 4.74 Å². The summed E-state index contributed by atoms with van der Waals surface area (Å²) < 4.78 is 5.17. The normalized spacial score (nSPS) is 10.3. The summed E-state index contributed by atoms with van der Waals surface area (Å²) in [6, 6.07) is 7.14. The first kappa shape index (κ1) is 12.6. The van der Waals surface area contributed by atoms with Crippen LogP contribution in [-0.4, -0.2) is 16.1 Å². The molecule has 0 unspecified atom stereocenters. The second-order valence-electron chi connectivity index (χ2n) is 3.82. The zero-order chi connectivity index (χ0) is 13.1. The van der Waals surface area contributed by atoms with Crippen LogP contribution in [0.2, 0.25) is 0 Å². The third kappa shape index (κ3) is 2.68. The standard InChI is InChI=1S/C13H13NO3S/c1-3-10-14-12(15)11(18-10)13(16)17-9-6-4-8(2)5-7-9/h4-7,15H,3H2,1-2H3. The van der Waals surface area contributed by atoms with Crippen LogP contribution in [0, 0.1) is 6.92 Å². The second kappa shape index (κ2) is 5.18. The van der Waals surface area contributed by atoms with Gasteiger partial charge in [0.1, 0.15) is 5.75 Å². The Kier molecular flexibility index (Phi) is 3.62. The summed E-state index contributed by atoms with van der Waals surface area (Å²) in [7, 11) is 0. The lowest BCUT2D eigenvalue weighted by atomic mass is 10.2. The van der Waals surface area contributed by atoms with Crippen LogP contribution in [-0.2, 0) is 6.42 Å². The van der Waals surface area contributed by atoms with Crippen molar-refractivity contribution in [1.82, 2.24) is 4.98 Å². The molecule has 0 atom stereocenters. The van der Waals surface area contributed by atoms with Crippen molar-refractivity contribution in [3.8, 4) is 11.6 Å². The molecule has 1 N–H and O–H groups in total. The number of benzene rings is 1. The molecule has 0 spiro atoms. The van der Waals surface area contributed by atoms with Gasteiger partial charge in [0.05, 0.1) is 5.01 Å². The van der Waals surface area contributed by atoms with Crippen LogP contribution in [0.25, 0.3) is 0 Å². The fraction of sp³-hybridized carbons (Fsp3) is 0.231. The monoisotopic (exact) mass is 263 g/mol. The molecule has 0 amide bonds. The summed E-state index contributed by atoms with van der Waals surface area (Å²) in [5.74, 6) is -0.376. The molecule has 94 valence electrons. The van der Waals surface area contributed by atoms with Gasteiger partial charge in [-0.3, -0.25) is 0 Å². The van der Waals surface area contributed by atoms with Gasteiger partial charge in [-0.1, -0.05) is 24.6 Å². The highest BCUT2D eigenvalue weighted by Crippen LogP contribution is 2.26. The Morgan fingerprint density at radius 1 is 1.39 bits per heavy atom. The first-order chi connectivity index (χ1) is 8.60. The largest absolute Gasteiger partial charge is 0.492 e. The maximum Gasteiger partial charge on any atom is 0.359 e. The fourth-order valence-corrected chi connectivity index (χ4v) is 2.17. The number of carbonyl (C=O) groups excluding carboxylic acids is 1. The molecule has 0 aliphatic carbocycles. The average molecular weight is 263 g/mol. The molecule has 0 saturated heterocycles. The zero-order valence-corrected chi connectivity index (χ0v) is 11.0. The first-order valence-electron chi connectivity index (χ1n) is 5.57. The minimum absolute atomic E-state index is 0.146. The smallest absolute Gasteiger partial charge is 0.359 e. The van der Waals surface area contributed by atoms with Crippen molar-refractivity contribution in [1.29, 1.82) is 0 Å². The van der Waals surface area contributed by atoms with Gasteiger partial charge in [0.15, 0.2) is 4.88 Å². The lowest BCUT2D eigenvalue weighted by Crippen LogP contribution is -2.06. The maximum atomic E-state index is 11.8. The highest BCUT2D eigenvalue weighted by Gasteiger charge is 2.19. The molecular formula is C13H13NO3S. The lowest BCUT2D eigenvalue weighted by molar-refractivity contribution is 0.0736. The Morgan fingerprint density at radius 2 is 2.06 bits per heavy atom. The molecule has 1 aromatic heterocycles. The van der Waals surface area contributed by atoms with E-state index in [1.807, 2.05) is 26.0 Å². The topological polar surface area (TPSA) is 59.4 Å². The number of hydrogen-bond donors (Lipinski definition) is 1. The Morgan fingerprint density at radius 3 is 2.61 bits per heavy atom. The van der Waals surface area contributed by atoms with E-state index in [4.69, 9.17) is 4.74 Å². The van der Waals surface area contributed by atoms with Gasteiger partial charge in [0.2, 0.25) is 5.88 Å². The van der Waals surface area contributed by atoms with E-state index in [1.54, 1.807) is 12.1 Å². The van der Waals surface area contributed by atoms with Crippen molar-refractivity contribution in [2.75, 3.05) is 0 Å². The van der Waals surface area contributed by atoms with Crippen LogP contribution in [0.1, 0.15) is 27.2 Å². The number of ether oxygens (including phenoxy) is 1. The number of rotatable bonds is 3. The Bertz CT molecular complexity index is 560. The highest BCUT2D eigenvalue weighted by molar-refractivity contribution is 7.13. The number of aromatic nitrogens is 1. The quantitative estimate of drug-likeness (QED) is 0.683. The number of thiazole rings is 1. The minimum atomic E-state index is -0.575. The van der Waals surface area contributed by atoms with E-state index in [1.165, 1.54) is 0 Å². The summed E-state index contributed by atoms with van der Waals surface area (Å²) in [6.45, 7) is 3.86. The van der Waals surface area contributed by atoms with Crippen LogP contribution >= 0.6 is 11.3 Å². The van der Waals surface area contributed by atoms with Crippen molar-refractivity contribution in [2.45, 2.75) is 20.3 Å². The van der Waals surface area contributed by atoms with E-state index < -0.39 is 5.97 Å². The third-order valence-corrected chi connectivity index (χ3v) is 3.54. The Hall–Kier alpha value is -1.88. The number of aromatic hydroxyl groups is 1. The molecule has 0 aliphatic rings. The molecule has 0 radical (unpaired) electrons. The molecular weight excluding hydrogens is 250 g/mol. The van der Waals surface area contributed by atoms with E-state index in [9.17, 15) is 9.90 Å². The molecule has 4 nitrogen and oxygen atoms in total. The molecule has 0 saturated carbocycles. The minimum Gasteiger partial charge on any atom is -0.492 e. The molecule has 0 aliphatic heterocycles. The molecule has 5 heteroatoms. The number of nitrogens with zero attached hydrogens (tertiary/aromatic N) is 1. The molecule has 0 bridgehead atoms. The number of aryl methyl sites for hydroxylation is 2. The van der Waals surface area contributed by atoms with Crippen molar-refractivity contribution in [3.63, 3.8) is 0 Å². The van der Waals surface area contributed by atoms with Crippen molar-refractivity contribution in [2.24, 2.45) is 0 Å². The molecule has 2 rings (SSSR count). The average Bonchev–Trinajstić information content (AvgIpc) is 2.73. The van der Waals surface area contributed by atoms with Gasteiger partial charge < -0.3 is 9.84 Å². The van der Waals surface area contributed by atoms with Crippen LogP contribution in [0.4, 0.5) is 0 Å². The number of esters is 1. The van der Waals surface area contributed by atoms with E-state index in [0.717, 1.165) is 16.9 Å². The van der Waals surface area contributed by atoms with Gasteiger partial charge in [0.25, 0.3) is 0 Å². The van der Waals surface area contributed by atoms with Gasteiger partial charge in [-0.05, 0) is 25.5 Å². The number of carbonyl (C=O) groups is 1. The molecule has 2 aromatic rings. The van der Waals surface area contributed by atoms with E-state index in [2.05, 4.69) is 4.98 Å².